The molecule has 0 unspecified atom stereocenters. The molecule has 0 amide bonds. The van der Waals surface area contributed by atoms with E-state index in [2.05, 4.69) is 10.3 Å². The van der Waals surface area contributed by atoms with E-state index in [0.29, 0.717) is 25.4 Å². The fourth-order valence-corrected chi connectivity index (χ4v) is 0.928. The zero-order chi connectivity index (χ0) is 10.2. The molecule has 0 aliphatic heterocycles. The highest BCUT2D eigenvalue weighted by Gasteiger charge is 1.92. The number of nitrogens with one attached hydrogen (secondary N) is 1. The Hall–Kier alpha value is -1.33. The summed E-state index contributed by atoms with van der Waals surface area (Å²) in [4.78, 5) is 4.06. The van der Waals surface area contributed by atoms with Gasteiger partial charge in [0.2, 0.25) is 0 Å². The molecule has 0 bridgehead atoms. The molecule has 5 nitrogen and oxygen atoms in total. The van der Waals surface area contributed by atoms with Gasteiger partial charge in [-0.3, -0.25) is 0 Å². The second kappa shape index (κ2) is 6.17. The molecular weight excluding hydrogens is 182 g/mol. The van der Waals surface area contributed by atoms with Gasteiger partial charge in [0.1, 0.15) is 5.82 Å². The molecule has 1 aromatic heterocycles. The molecule has 4 N–H and O–H groups in total. The molecule has 0 aliphatic carbocycles. The molecule has 0 spiro atoms. The minimum atomic E-state index is 0.0557. The van der Waals surface area contributed by atoms with E-state index < -0.39 is 0 Å². The van der Waals surface area contributed by atoms with Crippen LogP contribution in [-0.4, -0.2) is 36.5 Å². The molecule has 0 saturated carbocycles. The van der Waals surface area contributed by atoms with E-state index in [-0.39, 0.29) is 6.61 Å². The fraction of sp³-hybridized carbons (Fsp3) is 0.444. The first-order valence-corrected chi connectivity index (χ1v) is 4.47. The average Bonchev–Trinajstić information content (AvgIpc) is 2.21. The molecule has 0 aromatic carbocycles. The molecule has 1 aromatic rings. The number of aliphatic hydroxyl groups is 1. The van der Waals surface area contributed by atoms with Crippen molar-refractivity contribution in [1.29, 1.82) is 0 Å². The van der Waals surface area contributed by atoms with Gasteiger partial charge in [-0.15, -0.1) is 0 Å². The number of nitrogens with zero attached hydrogens (tertiary/aromatic N) is 1. The first-order chi connectivity index (χ1) is 6.83. The van der Waals surface area contributed by atoms with E-state index in [0.717, 1.165) is 5.82 Å². The summed E-state index contributed by atoms with van der Waals surface area (Å²) in [7, 11) is 0. The van der Waals surface area contributed by atoms with E-state index in [1.807, 2.05) is 0 Å². The van der Waals surface area contributed by atoms with Crippen molar-refractivity contribution >= 4 is 11.5 Å². The Morgan fingerprint density at radius 3 is 2.93 bits per heavy atom. The average molecular weight is 197 g/mol. The molecule has 0 radical (unpaired) electrons. The van der Waals surface area contributed by atoms with Gasteiger partial charge in [0.15, 0.2) is 0 Å². The minimum absolute atomic E-state index is 0.0557. The van der Waals surface area contributed by atoms with Crippen LogP contribution in [0.3, 0.4) is 0 Å². The summed E-state index contributed by atoms with van der Waals surface area (Å²) in [5.41, 5.74) is 6.12. The lowest BCUT2D eigenvalue weighted by Gasteiger charge is -2.05. The van der Waals surface area contributed by atoms with Crippen LogP contribution in [0.25, 0.3) is 0 Å². The second-order valence-electron chi connectivity index (χ2n) is 2.74. The normalized spacial score (nSPS) is 10.1. The number of rotatable bonds is 6. The van der Waals surface area contributed by atoms with Gasteiger partial charge < -0.3 is 20.9 Å². The lowest BCUT2D eigenvalue weighted by Crippen LogP contribution is -2.12. The highest BCUT2D eigenvalue weighted by Crippen LogP contribution is 2.04. The summed E-state index contributed by atoms with van der Waals surface area (Å²) < 4.78 is 5.06. The lowest BCUT2D eigenvalue weighted by molar-refractivity contribution is 0.0992. The second-order valence-corrected chi connectivity index (χ2v) is 2.74. The highest BCUT2D eigenvalue weighted by molar-refractivity contribution is 5.43. The maximum absolute atomic E-state index is 8.44. The van der Waals surface area contributed by atoms with Gasteiger partial charge in [-0.2, -0.15) is 0 Å². The van der Waals surface area contributed by atoms with E-state index in [1.54, 1.807) is 18.3 Å². The van der Waals surface area contributed by atoms with Crippen LogP contribution < -0.4 is 11.1 Å². The summed E-state index contributed by atoms with van der Waals surface area (Å²) in [6.07, 6.45) is 1.59. The van der Waals surface area contributed by atoms with Gasteiger partial charge in [-0.1, -0.05) is 0 Å². The Kier molecular flexibility index (Phi) is 4.74. The van der Waals surface area contributed by atoms with Crippen molar-refractivity contribution in [3.63, 3.8) is 0 Å². The number of aromatic nitrogens is 1. The molecule has 0 atom stereocenters. The molecule has 1 heterocycles. The Morgan fingerprint density at radius 1 is 1.43 bits per heavy atom. The summed E-state index contributed by atoms with van der Waals surface area (Å²) in [5, 5.41) is 11.5. The molecule has 0 aliphatic rings. The zero-order valence-electron chi connectivity index (χ0n) is 7.94. The quantitative estimate of drug-likeness (QED) is 0.563. The number of aliphatic hydroxyl groups excluding tert-OH is 1. The fourth-order valence-electron chi connectivity index (χ4n) is 0.928. The summed E-state index contributed by atoms with van der Waals surface area (Å²) in [5.74, 6) is 0.770. The van der Waals surface area contributed by atoms with Crippen LogP contribution in [0.1, 0.15) is 0 Å². The van der Waals surface area contributed by atoms with E-state index in [9.17, 15) is 0 Å². The van der Waals surface area contributed by atoms with Gasteiger partial charge in [-0.05, 0) is 12.1 Å². The van der Waals surface area contributed by atoms with Crippen molar-refractivity contribution in [2.24, 2.45) is 0 Å². The first kappa shape index (κ1) is 10.7. The Bertz CT molecular complexity index is 251. The van der Waals surface area contributed by atoms with Gasteiger partial charge in [0.25, 0.3) is 0 Å². The van der Waals surface area contributed by atoms with Crippen molar-refractivity contribution in [1.82, 2.24) is 4.98 Å². The Labute approximate surface area is 82.9 Å². The predicted octanol–water partition coefficient (Wildman–Crippen LogP) is 0.0846. The van der Waals surface area contributed by atoms with Crippen molar-refractivity contribution in [2.75, 3.05) is 37.4 Å². The van der Waals surface area contributed by atoms with E-state index in [4.69, 9.17) is 15.6 Å². The number of ether oxygens (including phenoxy) is 1. The number of nitrogens with two attached hydrogens (primary N) is 1. The van der Waals surface area contributed by atoms with Crippen molar-refractivity contribution in [3.05, 3.63) is 18.3 Å². The van der Waals surface area contributed by atoms with Crippen LogP contribution in [-0.2, 0) is 4.74 Å². The zero-order valence-corrected chi connectivity index (χ0v) is 7.94. The molecule has 78 valence electrons. The van der Waals surface area contributed by atoms with Crippen molar-refractivity contribution in [3.8, 4) is 0 Å². The molecule has 5 heteroatoms. The minimum Gasteiger partial charge on any atom is -0.397 e. The topological polar surface area (TPSA) is 80.4 Å². The molecular formula is C9H15N3O2. The summed E-state index contributed by atoms with van der Waals surface area (Å²) in [6, 6.07) is 3.59. The molecule has 14 heavy (non-hydrogen) atoms. The summed E-state index contributed by atoms with van der Waals surface area (Å²) >= 11 is 0. The summed E-state index contributed by atoms with van der Waals surface area (Å²) in [6.45, 7) is 1.64. The maximum Gasteiger partial charge on any atom is 0.126 e. The van der Waals surface area contributed by atoms with Crippen LogP contribution in [0.15, 0.2) is 18.3 Å². The Morgan fingerprint density at radius 2 is 2.29 bits per heavy atom. The number of pyridine rings is 1. The number of hydrogen-bond acceptors (Lipinski definition) is 5. The third-order valence-corrected chi connectivity index (χ3v) is 1.57. The van der Waals surface area contributed by atoms with Gasteiger partial charge in [-0.25, -0.2) is 4.98 Å². The maximum atomic E-state index is 8.44. The molecule has 0 saturated heterocycles. The number of nitrogen functional groups attached to an aromatic ring is 1. The molecule has 1 rings (SSSR count). The third kappa shape index (κ3) is 4.06. The highest BCUT2D eigenvalue weighted by atomic mass is 16.5. The smallest absolute Gasteiger partial charge is 0.126 e. The predicted molar refractivity (Wildman–Crippen MR) is 55.0 cm³/mol. The third-order valence-electron chi connectivity index (χ3n) is 1.57. The monoisotopic (exact) mass is 197 g/mol. The van der Waals surface area contributed by atoms with Crippen LogP contribution >= 0.6 is 0 Å². The molecule has 0 fully saturated rings. The van der Waals surface area contributed by atoms with Gasteiger partial charge in [0, 0.05) is 6.54 Å². The van der Waals surface area contributed by atoms with Gasteiger partial charge >= 0.3 is 0 Å². The van der Waals surface area contributed by atoms with Crippen molar-refractivity contribution in [2.45, 2.75) is 0 Å². The van der Waals surface area contributed by atoms with E-state index in [1.165, 1.54) is 0 Å². The van der Waals surface area contributed by atoms with Gasteiger partial charge in [0.05, 0.1) is 31.7 Å². The standard InChI is InChI=1S/C9H15N3O2/c10-8-1-2-9(12-7-8)11-3-5-14-6-4-13/h1-2,7,13H,3-6,10H2,(H,11,12). The van der Waals surface area contributed by atoms with Crippen LogP contribution in [0.2, 0.25) is 0 Å². The van der Waals surface area contributed by atoms with Crippen molar-refractivity contribution < 1.29 is 9.84 Å². The van der Waals surface area contributed by atoms with Crippen LogP contribution in [0.4, 0.5) is 11.5 Å². The first-order valence-electron chi connectivity index (χ1n) is 4.47. The van der Waals surface area contributed by atoms with E-state index >= 15 is 0 Å². The Balaban J connectivity index is 2.15. The largest absolute Gasteiger partial charge is 0.397 e. The van der Waals surface area contributed by atoms with Crippen LogP contribution in [0, 0.1) is 0 Å². The number of anilines is 2. The lowest BCUT2D eigenvalue weighted by atomic mass is 10.4. The van der Waals surface area contributed by atoms with Crippen LogP contribution in [0.5, 0.6) is 0 Å². The number of hydrogen-bond donors (Lipinski definition) is 3. The SMILES string of the molecule is Nc1ccc(NCCOCCO)nc1.